The number of pyridine rings is 1. The van der Waals surface area contributed by atoms with Crippen molar-refractivity contribution in [2.75, 3.05) is 26.2 Å². The molecule has 1 aliphatic heterocycles. The number of hydrogen-bond acceptors (Lipinski definition) is 4. The quantitative estimate of drug-likeness (QED) is 0.508. The van der Waals surface area contributed by atoms with Crippen LogP contribution in [-0.2, 0) is 19.1 Å². The largest absolute Gasteiger partial charge is 0.416 e. The molecule has 0 unspecified atom stereocenters. The zero-order chi connectivity index (χ0) is 24.1. The van der Waals surface area contributed by atoms with Crippen LogP contribution in [0.5, 0.6) is 5.75 Å². The van der Waals surface area contributed by atoms with Gasteiger partial charge in [-0.1, -0.05) is 30.3 Å². The monoisotopic (exact) mass is 469 g/mol. The van der Waals surface area contributed by atoms with Gasteiger partial charge < -0.3 is 9.64 Å². The summed E-state index contributed by atoms with van der Waals surface area (Å²) in [7, 11) is 0. The number of carbonyl (C=O) groups is 1. The van der Waals surface area contributed by atoms with Gasteiger partial charge in [0, 0.05) is 38.4 Å². The van der Waals surface area contributed by atoms with Crippen LogP contribution in [0.3, 0.4) is 0 Å². The molecular formula is C26H26F3N3O2. The zero-order valence-corrected chi connectivity index (χ0v) is 18.9. The number of nitrogens with zero attached hydrogens (tertiary/aromatic N) is 3. The third-order valence-electron chi connectivity index (χ3n) is 5.78. The standard InChI is InChI=1S/C26H26F3N3O2/c1-19-3-2-4-23(30-19)18-31-13-15-32(16-14-31)25(33)34-24-11-7-21(8-12-24)17-20-5-9-22(10-6-20)26(27,28)29/h2-12H,13-18H2,1H3. The highest BCUT2D eigenvalue weighted by Gasteiger charge is 2.30. The number of aromatic nitrogens is 1. The van der Waals surface area contributed by atoms with Gasteiger partial charge in [-0.2, -0.15) is 13.2 Å². The van der Waals surface area contributed by atoms with Crippen molar-refractivity contribution < 1.29 is 22.7 Å². The number of ether oxygens (including phenoxy) is 1. The maximum absolute atomic E-state index is 12.7. The average Bonchev–Trinajstić information content (AvgIpc) is 2.81. The van der Waals surface area contributed by atoms with Crippen molar-refractivity contribution in [1.82, 2.24) is 14.8 Å². The summed E-state index contributed by atoms with van der Waals surface area (Å²) in [5.74, 6) is 0.438. The molecule has 8 heteroatoms. The number of amides is 1. The topological polar surface area (TPSA) is 45.7 Å². The number of rotatable bonds is 5. The molecule has 0 atom stereocenters. The predicted molar refractivity (Wildman–Crippen MR) is 123 cm³/mol. The van der Waals surface area contributed by atoms with Gasteiger partial charge in [-0.25, -0.2) is 4.79 Å². The van der Waals surface area contributed by atoms with Crippen LogP contribution in [0, 0.1) is 6.92 Å². The molecule has 0 saturated carbocycles. The van der Waals surface area contributed by atoms with E-state index >= 15 is 0 Å². The highest BCUT2D eigenvalue weighted by atomic mass is 19.4. The van der Waals surface area contributed by atoms with Crippen molar-refractivity contribution >= 4 is 6.09 Å². The molecule has 1 aliphatic rings. The molecule has 0 radical (unpaired) electrons. The van der Waals surface area contributed by atoms with Gasteiger partial charge >= 0.3 is 12.3 Å². The van der Waals surface area contributed by atoms with Crippen LogP contribution in [0.1, 0.15) is 28.1 Å². The molecule has 4 rings (SSSR count). The lowest BCUT2D eigenvalue weighted by atomic mass is 10.0. The highest BCUT2D eigenvalue weighted by Crippen LogP contribution is 2.29. The molecule has 0 N–H and O–H groups in total. The van der Waals surface area contributed by atoms with Crippen LogP contribution >= 0.6 is 0 Å². The van der Waals surface area contributed by atoms with Crippen molar-refractivity contribution in [2.45, 2.75) is 26.1 Å². The van der Waals surface area contributed by atoms with E-state index in [2.05, 4.69) is 9.88 Å². The van der Waals surface area contributed by atoms with Crippen molar-refractivity contribution in [3.8, 4) is 5.75 Å². The molecule has 0 spiro atoms. The predicted octanol–water partition coefficient (Wildman–Crippen LogP) is 5.32. The van der Waals surface area contributed by atoms with Gasteiger partial charge in [-0.05, 0) is 60.9 Å². The molecule has 34 heavy (non-hydrogen) atoms. The van der Waals surface area contributed by atoms with E-state index < -0.39 is 11.7 Å². The Morgan fingerprint density at radius 2 is 1.53 bits per heavy atom. The van der Waals surface area contributed by atoms with E-state index in [1.165, 1.54) is 12.1 Å². The smallest absolute Gasteiger partial charge is 0.410 e. The lowest BCUT2D eigenvalue weighted by Gasteiger charge is -2.33. The van der Waals surface area contributed by atoms with Crippen LogP contribution in [-0.4, -0.2) is 47.1 Å². The maximum atomic E-state index is 12.7. The molecule has 0 bridgehead atoms. The fraction of sp³-hybridized carbons (Fsp3) is 0.308. The number of halogens is 3. The van der Waals surface area contributed by atoms with E-state index in [0.29, 0.717) is 25.3 Å². The molecule has 1 saturated heterocycles. The molecule has 1 amide bonds. The van der Waals surface area contributed by atoms with E-state index in [-0.39, 0.29) is 6.09 Å². The first-order valence-corrected chi connectivity index (χ1v) is 11.1. The van der Waals surface area contributed by atoms with E-state index in [0.717, 1.165) is 54.3 Å². The van der Waals surface area contributed by atoms with Gasteiger partial charge in [0.2, 0.25) is 0 Å². The van der Waals surface area contributed by atoms with Crippen molar-refractivity contribution in [3.63, 3.8) is 0 Å². The molecule has 1 fully saturated rings. The van der Waals surface area contributed by atoms with Crippen LogP contribution in [0.15, 0.2) is 66.7 Å². The summed E-state index contributed by atoms with van der Waals surface area (Å²) in [6.45, 7) is 5.38. The van der Waals surface area contributed by atoms with Gasteiger partial charge in [0.1, 0.15) is 5.75 Å². The van der Waals surface area contributed by atoms with Crippen LogP contribution < -0.4 is 4.74 Å². The average molecular weight is 470 g/mol. The summed E-state index contributed by atoms with van der Waals surface area (Å²) < 4.78 is 43.6. The fourth-order valence-corrected chi connectivity index (χ4v) is 3.89. The molecule has 2 heterocycles. The van der Waals surface area contributed by atoms with E-state index in [4.69, 9.17) is 4.74 Å². The van der Waals surface area contributed by atoms with E-state index in [1.807, 2.05) is 37.3 Å². The zero-order valence-electron chi connectivity index (χ0n) is 18.9. The van der Waals surface area contributed by atoms with Crippen LogP contribution in [0.25, 0.3) is 0 Å². The van der Waals surface area contributed by atoms with Crippen LogP contribution in [0.2, 0.25) is 0 Å². The molecule has 2 aromatic carbocycles. The highest BCUT2D eigenvalue weighted by molar-refractivity contribution is 5.70. The molecule has 0 aliphatic carbocycles. The number of alkyl halides is 3. The summed E-state index contributed by atoms with van der Waals surface area (Å²) in [4.78, 5) is 21.0. The minimum Gasteiger partial charge on any atom is -0.410 e. The summed E-state index contributed by atoms with van der Waals surface area (Å²) in [6, 6.07) is 18.1. The van der Waals surface area contributed by atoms with Crippen molar-refractivity contribution in [2.24, 2.45) is 0 Å². The number of benzene rings is 2. The molecular weight excluding hydrogens is 443 g/mol. The maximum Gasteiger partial charge on any atom is 0.416 e. The SMILES string of the molecule is Cc1cccc(CN2CCN(C(=O)Oc3ccc(Cc4ccc(C(F)(F)F)cc4)cc3)CC2)n1. The minimum absolute atomic E-state index is 0.385. The van der Waals surface area contributed by atoms with Gasteiger partial charge in [0.05, 0.1) is 11.3 Å². The Labute approximate surface area is 196 Å². The fourth-order valence-electron chi connectivity index (χ4n) is 3.89. The van der Waals surface area contributed by atoms with E-state index in [1.54, 1.807) is 17.0 Å². The second kappa shape index (κ2) is 10.3. The summed E-state index contributed by atoms with van der Waals surface area (Å²) in [6.07, 6.45) is -4.23. The second-order valence-corrected chi connectivity index (χ2v) is 8.42. The Morgan fingerprint density at radius 1 is 0.912 bits per heavy atom. The van der Waals surface area contributed by atoms with Gasteiger partial charge in [-0.15, -0.1) is 0 Å². The Morgan fingerprint density at radius 3 is 2.12 bits per heavy atom. The molecule has 1 aromatic heterocycles. The number of aryl methyl sites for hydroxylation is 1. The Bertz CT molecular complexity index is 1110. The first-order valence-electron chi connectivity index (χ1n) is 11.1. The number of hydrogen-bond donors (Lipinski definition) is 0. The Hall–Kier alpha value is -3.39. The van der Waals surface area contributed by atoms with Crippen molar-refractivity contribution in [3.05, 3.63) is 94.8 Å². The normalized spacial score (nSPS) is 14.8. The lowest BCUT2D eigenvalue weighted by molar-refractivity contribution is -0.137. The first-order chi connectivity index (χ1) is 16.3. The third kappa shape index (κ3) is 6.35. The summed E-state index contributed by atoms with van der Waals surface area (Å²) in [5.41, 5.74) is 3.04. The van der Waals surface area contributed by atoms with Crippen molar-refractivity contribution in [1.29, 1.82) is 0 Å². The summed E-state index contributed by atoms with van der Waals surface area (Å²) >= 11 is 0. The summed E-state index contributed by atoms with van der Waals surface area (Å²) in [5, 5.41) is 0. The minimum atomic E-state index is -4.34. The first kappa shape index (κ1) is 23.8. The van der Waals surface area contributed by atoms with Crippen LogP contribution in [0.4, 0.5) is 18.0 Å². The number of piperazine rings is 1. The molecule has 178 valence electrons. The van der Waals surface area contributed by atoms with E-state index in [9.17, 15) is 18.0 Å². The Kier molecular flexibility index (Phi) is 7.17. The van der Waals surface area contributed by atoms with Gasteiger partial charge in [0.25, 0.3) is 0 Å². The van der Waals surface area contributed by atoms with Gasteiger partial charge in [-0.3, -0.25) is 9.88 Å². The molecule has 5 nitrogen and oxygen atoms in total. The van der Waals surface area contributed by atoms with Gasteiger partial charge in [0.15, 0.2) is 0 Å². The lowest BCUT2D eigenvalue weighted by Crippen LogP contribution is -2.49. The Balaban J connectivity index is 1.25. The third-order valence-corrected chi connectivity index (χ3v) is 5.78. The molecule has 3 aromatic rings. The number of carbonyl (C=O) groups excluding carboxylic acids is 1. The second-order valence-electron chi connectivity index (χ2n) is 8.42.